The number of rotatable bonds is 7. The Morgan fingerprint density at radius 3 is 2.12 bits per heavy atom. The molecule has 0 bridgehead atoms. The van der Waals surface area contributed by atoms with E-state index in [1.807, 2.05) is 0 Å². The van der Waals surface area contributed by atoms with E-state index in [0.717, 1.165) is 0 Å². The molecule has 0 aliphatic rings. The maximum atomic E-state index is 12.4. The van der Waals surface area contributed by atoms with Crippen LogP contribution in [0.5, 0.6) is 28.7 Å². The van der Waals surface area contributed by atoms with Crippen LogP contribution in [-0.4, -0.2) is 39.3 Å². The lowest BCUT2D eigenvalue weighted by Crippen LogP contribution is -1.98. The summed E-state index contributed by atoms with van der Waals surface area (Å²) in [6.07, 6.45) is 2.83. The highest BCUT2D eigenvalue weighted by atomic mass is 16.5. The molecular weight excluding hydrogens is 324 g/mol. The highest BCUT2D eigenvalue weighted by Crippen LogP contribution is 2.37. The predicted octanol–water partition coefficient (Wildman–Crippen LogP) is 3.32. The molecule has 0 heterocycles. The normalized spacial score (nSPS) is 10.6. The minimum atomic E-state index is -0.259. The molecule has 25 heavy (non-hydrogen) atoms. The van der Waals surface area contributed by atoms with Gasteiger partial charge in [-0.2, -0.15) is 0 Å². The number of hydrogen-bond acceptors (Lipinski definition) is 6. The number of benzene rings is 2. The highest BCUT2D eigenvalue weighted by Gasteiger charge is 2.13. The zero-order chi connectivity index (χ0) is 18.4. The van der Waals surface area contributed by atoms with Crippen LogP contribution < -0.4 is 18.9 Å². The van der Waals surface area contributed by atoms with Crippen molar-refractivity contribution in [3.63, 3.8) is 0 Å². The summed E-state index contributed by atoms with van der Waals surface area (Å²) < 4.78 is 20.8. The van der Waals surface area contributed by atoms with Gasteiger partial charge in [0.05, 0.1) is 34.0 Å². The van der Waals surface area contributed by atoms with Gasteiger partial charge < -0.3 is 24.1 Å². The first-order chi connectivity index (χ1) is 12.0. The number of carbonyl (C=O) groups excluding carboxylic acids is 1. The second-order valence-electron chi connectivity index (χ2n) is 5.00. The Morgan fingerprint density at radius 2 is 1.52 bits per heavy atom. The molecule has 0 aliphatic carbocycles. The lowest BCUT2D eigenvalue weighted by atomic mass is 10.1. The second-order valence-corrected chi connectivity index (χ2v) is 5.00. The van der Waals surface area contributed by atoms with Crippen molar-refractivity contribution in [1.29, 1.82) is 0 Å². The summed E-state index contributed by atoms with van der Waals surface area (Å²) in [5, 5.41) is 10.0. The standard InChI is InChI=1S/C19H20O6/c1-22-16-9-5-12(11-18(16)24-3)14(20)7-6-13-15(21)8-10-17(23-2)19(13)25-4/h5-11,21H,1-4H3. The van der Waals surface area contributed by atoms with Crippen molar-refractivity contribution in [2.24, 2.45) is 0 Å². The van der Waals surface area contributed by atoms with Crippen LogP contribution in [-0.2, 0) is 0 Å². The highest BCUT2D eigenvalue weighted by molar-refractivity contribution is 6.07. The van der Waals surface area contributed by atoms with E-state index in [-0.39, 0.29) is 11.5 Å². The molecule has 2 aromatic rings. The van der Waals surface area contributed by atoms with Gasteiger partial charge in [-0.1, -0.05) is 0 Å². The summed E-state index contributed by atoms with van der Waals surface area (Å²) in [6, 6.07) is 7.94. The van der Waals surface area contributed by atoms with E-state index < -0.39 is 0 Å². The molecule has 0 atom stereocenters. The van der Waals surface area contributed by atoms with Gasteiger partial charge in [0.2, 0.25) is 0 Å². The van der Waals surface area contributed by atoms with Crippen LogP contribution in [0.3, 0.4) is 0 Å². The average molecular weight is 344 g/mol. The molecule has 0 amide bonds. The SMILES string of the molecule is COc1ccc(C(=O)C=Cc2c(O)ccc(OC)c2OC)cc1OC. The van der Waals surface area contributed by atoms with Gasteiger partial charge in [-0.25, -0.2) is 0 Å². The number of allylic oxidation sites excluding steroid dienone is 1. The molecule has 132 valence electrons. The number of hydrogen-bond donors (Lipinski definition) is 1. The zero-order valence-electron chi connectivity index (χ0n) is 14.5. The molecule has 0 aromatic heterocycles. The quantitative estimate of drug-likeness (QED) is 0.613. The summed E-state index contributed by atoms with van der Waals surface area (Å²) in [4.78, 5) is 12.4. The van der Waals surface area contributed by atoms with Crippen molar-refractivity contribution in [3.05, 3.63) is 47.5 Å². The third-order valence-corrected chi connectivity index (χ3v) is 3.63. The van der Waals surface area contributed by atoms with E-state index in [1.54, 1.807) is 24.3 Å². The fraction of sp³-hybridized carbons (Fsp3) is 0.211. The van der Waals surface area contributed by atoms with Gasteiger partial charge in [0.1, 0.15) is 5.75 Å². The lowest BCUT2D eigenvalue weighted by molar-refractivity contribution is 0.104. The van der Waals surface area contributed by atoms with Crippen LogP contribution in [0.1, 0.15) is 15.9 Å². The fourth-order valence-corrected chi connectivity index (χ4v) is 2.35. The Labute approximate surface area is 146 Å². The predicted molar refractivity (Wildman–Crippen MR) is 94.1 cm³/mol. The van der Waals surface area contributed by atoms with Crippen molar-refractivity contribution < 1.29 is 28.8 Å². The first-order valence-corrected chi connectivity index (χ1v) is 7.44. The largest absolute Gasteiger partial charge is 0.507 e. The summed E-state index contributed by atoms with van der Waals surface area (Å²) in [6.45, 7) is 0. The summed E-state index contributed by atoms with van der Waals surface area (Å²) >= 11 is 0. The van der Waals surface area contributed by atoms with Gasteiger partial charge in [0.25, 0.3) is 0 Å². The van der Waals surface area contributed by atoms with Crippen molar-refractivity contribution in [1.82, 2.24) is 0 Å². The number of phenols is 1. The van der Waals surface area contributed by atoms with Crippen molar-refractivity contribution in [3.8, 4) is 28.7 Å². The first-order valence-electron chi connectivity index (χ1n) is 7.44. The van der Waals surface area contributed by atoms with E-state index in [9.17, 15) is 9.90 Å². The van der Waals surface area contributed by atoms with Crippen LogP contribution in [0.15, 0.2) is 36.4 Å². The van der Waals surface area contributed by atoms with Gasteiger partial charge in [-0.3, -0.25) is 4.79 Å². The van der Waals surface area contributed by atoms with Gasteiger partial charge in [0, 0.05) is 5.56 Å². The smallest absolute Gasteiger partial charge is 0.185 e. The number of carbonyl (C=O) groups is 1. The molecule has 0 saturated heterocycles. The van der Waals surface area contributed by atoms with E-state index in [0.29, 0.717) is 34.1 Å². The van der Waals surface area contributed by atoms with Crippen molar-refractivity contribution in [2.75, 3.05) is 28.4 Å². The van der Waals surface area contributed by atoms with Crippen molar-refractivity contribution >= 4 is 11.9 Å². The Balaban J connectivity index is 2.35. The maximum absolute atomic E-state index is 12.4. The Hall–Kier alpha value is -3.15. The molecule has 0 spiro atoms. The van der Waals surface area contributed by atoms with Gasteiger partial charge in [0.15, 0.2) is 28.8 Å². The van der Waals surface area contributed by atoms with Crippen LogP contribution in [0.2, 0.25) is 0 Å². The molecule has 0 fully saturated rings. The third-order valence-electron chi connectivity index (χ3n) is 3.63. The minimum Gasteiger partial charge on any atom is -0.507 e. The molecule has 2 rings (SSSR count). The number of ketones is 1. The molecule has 0 unspecified atom stereocenters. The van der Waals surface area contributed by atoms with Crippen LogP contribution >= 0.6 is 0 Å². The summed E-state index contributed by atoms with van der Waals surface area (Å²) in [7, 11) is 5.99. The van der Waals surface area contributed by atoms with E-state index in [4.69, 9.17) is 18.9 Å². The molecular formula is C19H20O6. The lowest BCUT2D eigenvalue weighted by Gasteiger charge is -2.11. The second kappa shape index (κ2) is 8.10. The third kappa shape index (κ3) is 3.85. The monoisotopic (exact) mass is 344 g/mol. The summed E-state index contributed by atoms with van der Waals surface area (Å²) in [5.74, 6) is 1.52. The van der Waals surface area contributed by atoms with E-state index in [1.165, 1.54) is 46.7 Å². The molecule has 0 saturated carbocycles. The number of aromatic hydroxyl groups is 1. The number of methoxy groups -OCH3 is 4. The Kier molecular flexibility index (Phi) is 5.89. The average Bonchev–Trinajstić information content (AvgIpc) is 2.65. The fourth-order valence-electron chi connectivity index (χ4n) is 2.35. The van der Waals surface area contributed by atoms with Crippen molar-refractivity contribution in [2.45, 2.75) is 0 Å². The zero-order valence-corrected chi connectivity index (χ0v) is 14.5. The molecule has 1 N–H and O–H groups in total. The number of phenolic OH excluding ortho intramolecular Hbond substituents is 1. The van der Waals surface area contributed by atoms with E-state index >= 15 is 0 Å². The molecule has 6 heteroatoms. The Bertz CT molecular complexity index is 795. The topological polar surface area (TPSA) is 74.2 Å². The molecule has 0 aliphatic heterocycles. The van der Waals surface area contributed by atoms with Gasteiger partial charge in [-0.15, -0.1) is 0 Å². The van der Waals surface area contributed by atoms with Crippen LogP contribution in [0, 0.1) is 0 Å². The van der Waals surface area contributed by atoms with Gasteiger partial charge in [-0.05, 0) is 42.5 Å². The maximum Gasteiger partial charge on any atom is 0.185 e. The van der Waals surface area contributed by atoms with Gasteiger partial charge >= 0.3 is 0 Å². The molecule has 0 radical (unpaired) electrons. The Morgan fingerprint density at radius 1 is 0.880 bits per heavy atom. The first kappa shape index (κ1) is 18.2. The molecule has 2 aromatic carbocycles. The number of ether oxygens (including phenoxy) is 4. The molecule has 6 nitrogen and oxygen atoms in total. The van der Waals surface area contributed by atoms with Crippen LogP contribution in [0.4, 0.5) is 0 Å². The van der Waals surface area contributed by atoms with Crippen LogP contribution in [0.25, 0.3) is 6.08 Å². The van der Waals surface area contributed by atoms with E-state index in [2.05, 4.69) is 0 Å². The minimum absolute atomic E-state index is 0.0194. The summed E-state index contributed by atoms with van der Waals surface area (Å²) in [5.41, 5.74) is 0.783.